The van der Waals surface area contributed by atoms with Crippen molar-refractivity contribution in [2.24, 2.45) is 0 Å². The molecule has 2 aromatic rings. The van der Waals surface area contributed by atoms with Gasteiger partial charge in [0.15, 0.2) is 0 Å². The van der Waals surface area contributed by atoms with E-state index in [0.717, 1.165) is 30.9 Å². The van der Waals surface area contributed by atoms with Gasteiger partial charge in [-0.1, -0.05) is 6.07 Å². The molecule has 7 heteroatoms. The number of aromatic nitrogens is 2. The van der Waals surface area contributed by atoms with E-state index in [1.54, 1.807) is 0 Å². The molecule has 0 aliphatic carbocycles. The number of rotatable bonds is 3. The van der Waals surface area contributed by atoms with E-state index < -0.39 is 11.7 Å². The first-order chi connectivity index (χ1) is 11.9. The molecule has 0 aromatic carbocycles. The van der Waals surface area contributed by atoms with Gasteiger partial charge in [-0.3, -0.25) is 0 Å². The molecule has 0 radical (unpaired) electrons. The monoisotopic (exact) mass is 346 g/mol. The Bertz CT molecular complexity index is 727. The molecule has 25 heavy (non-hydrogen) atoms. The fourth-order valence-electron chi connectivity index (χ4n) is 2.75. The molecule has 1 fully saturated rings. The highest BCUT2D eigenvalue weighted by Crippen LogP contribution is 2.17. The summed E-state index contributed by atoms with van der Waals surface area (Å²) < 4.78 is 12.9. The number of nitrogens with one attached hydrogen (secondary N) is 2. The van der Waals surface area contributed by atoms with Crippen LogP contribution in [0, 0.1) is 0 Å². The summed E-state index contributed by atoms with van der Waals surface area (Å²) in [5, 5.41) is 6.23. The summed E-state index contributed by atoms with van der Waals surface area (Å²) in [6.07, 6.45) is 4.58. The molecule has 1 atom stereocenters. The van der Waals surface area contributed by atoms with Gasteiger partial charge in [-0.2, -0.15) is 0 Å². The molecule has 0 bridgehead atoms. The topological polar surface area (TPSA) is 76.9 Å². The highest BCUT2D eigenvalue weighted by Gasteiger charge is 2.17. The van der Waals surface area contributed by atoms with Crippen molar-refractivity contribution in [3.05, 3.63) is 35.8 Å². The number of imidazole rings is 1. The van der Waals surface area contributed by atoms with Crippen LogP contribution in [0.2, 0.25) is 0 Å². The van der Waals surface area contributed by atoms with Crippen molar-refractivity contribution in [3.8, 4) is 0 Å². The Hall–Kier alpha value is -2.12. The normalized spacial score (nSPS) is 18.8. The van der Waals surface area contributed by atoms with Crippen LogP contribution in [0.5, 0.6) is 0 Å². The van der Waals surface area contributed by atoms with Gasteiger partial charge in [-0.05, 0) is 45.4 Å². The second-order valence-electron chi connectivity index (χ2n) is 7.25. The maximum absolute atomic E-state index is 11.8. The summed E-state index contributed by atoms with van der Waals surface area (Å²) in [5.41, 5.74) is 2.29. The van der Waals surface area contributed by atoms with Crippen LogP contribution in [-0.2, 0) is 16.0 Å². The maximum atomic E-state index is 11.8. The lowest BCUT2D eigenvalue weighted by Gasteiger charge is -2.19. The summed E-state index contributed by atoms with van der Waals surface area (Å²) in [6, 6.07) is 4.25. The molecule has 1 saturated heterocycles. The smallest absolute Gasteiger partial charge is 0.407 e. The van der Waals surface area contributed by atoms with Crippen LogP contribution in [0.15, 0.2) is 24.5 Å². The van der Waals surface area contributed by atoms with Gasteiger partial charge in [0.1, 0.15) is 11.2 Å². The molecular weight excluding hydrogens is 320 g/mol. The number of fused-ring (bicyclic) bond motifs is 1. The summed E-state index contributed by atoms with van der Waals surface area (Å²) >= 11 is 0. The van der Waals surface area contributed by atoms with Gasteiger partial charge in [-0.25, -0.2) is 9.78 Å². The van der Waals surface area contributed by atoms with Gasteiger partial charge >= 0.3 is 6.09 Å². The average Bonchev–Trinajstić information content (AvgIpc) is 2.74. The number of amides is 1. The van der Waals surface area contributed by atoms with Crippen LogP contribution >= 0.6 is 0 Å². The molecular formula is C18H26N4O3. The molecule has 1 aliphatic heterocycles. The lowest BCUT2D eigenvalue weighted by molar-refractivity contribution is 0.0523. The summed E-state index contributed by atoms with van der Waals surface area (Å²) in [4.78, 5) is 16.3. The third-order valence-electron chi connectivity index (χ3n) is 3.88. The van der Waals surface area contributed by atoms with E-state index in [9.17, 15) is 4.79 Å². The third-order valence-corrected chi connectivity index (χ3v) is 3.88. The lowest BCUT2D eigenvalue weighted by atomic mass is 10.1. The van der Waals surface area contributed by atoms with Crippen molar-refractivity contribution >= 4 is 11.7 Å². The van der Waals surface area contributed by atoms with Gasteiger partial charge in [-0.15, -0.1) is 0 Å². The van der Waals surface area contributed by atoms with Gasteiger partial charge < -0.3 is 24.5 Å². The van der Waals surface area contributed by atoms with Gasteiger partial charge in [0, 0.05) is 19.0 Å². The van der Waals surface area contributed by atoms with Crippen LogP contribution in [0.1, 0.15) is 44.5 Å². The molecule has 2 aromatic heterocycles. The van der Waals surface area contributed by atoms with Crippen molar-refractivity contribution < 1.29 is 14.3 Å². The van der Waals surface area contributed by atoms with Crippen LogP contribution in [0.25, 0.3) is 5.65 Å². The Labute approximate surface area is 147 Å². The van der Waals surface area contributed by atoms with Crippen LogP contribution in [-0.4, -0.2) is 40.8 Å². The highest BCUT2D eigenvalue weighted by molar-refractivity contribution is 5.67. The van der Waals surface area contributed by atoms with Crippen molar-refractivity contribution in [2.45, 2.75) is 45.4 Å². The molecule has 136 valence electrons. The number of pyridine rings is 1. The molecule has 0 spiro atoms. The lowest BCUT2D eigenvalue weighted by Crippen LogP contribution is -2.32. The van der Waals surface area contributed by atoms with E-state index in [0.29, 0.717) is 13.2 Å². The molecule has 3 heterocycles. The number of carbonyl (C=O) groups excluding carboxylic acids is 1. The molecule has 1 aliphatic rings. The number of nitrogens with zero attached hydrogens (tertiary/aromatic N) is 2. The van der Waals surface area contributed by atoms with E-state index in [4.69, 9.17) is 9.47 Å². The molecule has 2 N–H and O–H groups in total. The Balaban J connectivity index is 1.66. The Morgan fingerprint density at radius 1 is 1.44 bits per heavy atom. The van der Waals surface area contributed by atoms with E-state index in [1.165, 1.54) is 5.56 Å². The minimum Gasteiger partial charge on any atom is -0.444 e. The highest BCUT2D eigenvalue weighted by atomic mass is 16.6. The minimum absolute atomic E-state index is 0.192. The fraction of sp³-hybridized carbons (Fsp3) is 0.556. The van der Waals surface area contributed by atoms with Gasteiger partial charge in [0.05, 0.1) is 24.9 Å². The quantitative estimate of drug-likeness (QED) is 0.892. The zero-order chi connectivity index (χ0) is 17.9. The molecule has 3 rings (SSSR count). The second kappa shape index (κ2) is 7.41. The standard InChI is InChI=1S/C18H26N4O3/c1-18(2,3)25-17(23)20-9-14-11-22-10-13(5-6-16(22)21-14)15-12-24-8-4-7-19-15/h5-6,10-11,15,19H,4,7-9,12H2,1-3H3,(H,20,23). The first-order valence-corrected chi connectivity index (χ1v) is 8.66. The van der Waals surface area contributed by atoms with Gasteiger partial charge in [0.25, 0.3) is 0 Å². The summed E-state index contributed by atoms with van der Waals surface area (Å²) in [7, 11) is 0. The number of alkyl carbamates (subject to hydrolysis) is 1. The van der Waals surface area contributed by atoms with Gasteiger partial charge in [0.2, 0.25) is 0 Å². The molecule has 1 unspecified atom stereocenters. The maximum Gasteiger partial charge on any atom is 0.407 e. The minimum atomic E-state index is -0.508. The Kier molecular flexibility index (Phi) is 5.24. The Morgan fingerprint density at radius 3 is 3.08 bits per heavy atom. The van der Waals surface area contributed by atoms with Crippen molar-refractivity contribution in [2.75, 3.05) is 19.8 Å². The SMILES string of the molecule is CC(C)(C)OC(=O)NCc1cn2cc(C3COCCCN3)ccc2n1. The van der Waals surface area contributed by atoms with E-state index >= 15 is 0 Å². The Morgan fingerprint density at radius 2 is 2.28 bits per heavy atom. The first-order valence-electron chi connectivity index (χ1n) is 8.66. The zero-order valence-corrected chi connectivity index (χ0v) is 15.0. The third kappa shape index (κ3) is 4.93. The molecule has 1 amide bonds. The number of ether oxygens (including phenoxy) is 2. The zero-order valence-electron chi connectivity index (χ0n) is 15.0. The summed E-state index contributed by atoms with van der Waals surface area (Å²) in [5.74, 6) is 0. The first kappa shape index (κ1) is 17.7. The second-order valence-corrected chi connectivity index (χ2v) is 7.25. The van der Waals surface area contributed by atoms with E-state index in [-0.39, 0.29) is 6.04 Å². The van der Waals surface area contributed by atoms with Crippen molar-refractivity contribution in [3.63, 3.8) is 0 Å². The molecule has 7 nitrogen and oxygen atoms in total. The van der Waals surface area contributed by atoms with E-state index in [1.807, 2.05) is 37.4 Å². The number of carbonyl (C=O) groups is 1. The van der Waals surface area contributed by atoms with Crippen LogP contribution in [0.4, 0.5) is 4.79 Å². The summed E-state index contributed by atoms with van der Waals surface area (Å²) in [6.45, 7) is 8.28. The number of hydrogen-bond acceptors (Lipinski definition) is 5. The van der Waals surface area contributed by atoms with E-state index in [2.05, 4.69) is 27.9 Å². The van der Waals surface area contributed by atoms with Crippen LogP contribution in [0.3, 0.4) is 0 Å². The predicted octanol–water partition coefficient (Wildman–Crippen LogP) is 2.41. The predicted molar refractivity (Wildman–Crippen MR) is 94.4 cm³/mol. The average molecular weight is 346 g/mol. The van der Waals surface area contributed by atoms with Crippen molar-refractivity contribution in [1.29, 1.82) is 0 Å². The number of hydrogen-bond donors (Lipinski definition) is 2. The largest absolute Gasteiger partial charge is 0.444 e. The fourth-order valence-corrected chi connectivity index (χ4v) is 2.75. The molecule has 0 saturated carbocycles. The van der Waals surface area contributed by atoms with Crippen molar-refractivity contribution in [1.82, 2.24) is 20.0 Å². The van der Waals surface area contributed by atoms with Crippen LogP contribution < -0.4 is 10.6 Å².